The second-order valence-electron chi connectivity index (χ2n) is 4.84. The highest BCUT2D eigenvalue weighted by Crippen LogP contribution is 2.28. The van der Waals surface area contributed by atoms with Gasteiger partial charge in [-0.05, 0) is 44.0 Å². The minimum Gasteiger partial charge on any atom is -0.375 e. The molecule has 3 heteroatoms. The van der Waals surface area contributed by atoms with E-state index in [-0.39, 0.29) is 0 Å². The molecule has 0 aliphatic rings. The second kappa shape index (κ2) is 8.39. The zero-order chi connectivity index (χ0) is 14.3. The second-order valence-corrected chi connectivity index (χ2v) is 5.69. The summed E-state index contributed by atoms with van der Waals surface area (Å²) in [7, 11) is 2.14. The molecule has 0 aliphatic heterocycles. The number of halogens is 1. The highest BCUT2D eigenvalue weighted by molar-refractivity contribution is 9.10. The van der Waals surface area contributed by atoms with Crippen molar-refractivity contribution in [2.45, 2.75) is 32.7 Å². The van der Waals surface area contributed by atoms with Crippen LogP contribution in [-0.4, -0.2) is 20.1 Å². The van der Waals surface area contributed by atoms with E-state index in [4.69, 9.17) is 0 Å². The molecule has 0 aliphatic carbocycles. The maximum absolute atomic E-state index is 3.76. The third-order valence-corrected chi connectivity index (χ3v) is 3.99. The molecule has 1 unspecified atom stereocenters. The number of hydrogen-bond donors (Lipinski definition) is 1. The largest absolute Gasteiger partial charge is 0.375 e. The molecule has 1 atom stereocenters. The predicted octanol–water partition coefficient (Wildman–Crippen LogP) is 4.52. The van der Waals surface area contributed by atoms with Gasteiger partial charge < -0.3 is 10.2 Å². The van der Waals surface area contributed by atoms with Gasteiger partial charge in [0.2, 0.25) is 0 Å². The molecule has 1 aromatic rings. The van der Waals surface area contributed by atoms with E-state index in [0.717, 1.165) is 25.9 Å². The number of unbranched alkanes of at least 4 members (excludes halogenated alkanes) is 1. The van der Waals surface area contributed by atoms with Gasteiger partial charge in [-0.15, -0.1) is 6.58 Å². The average molecular weight is 325 g/mol. The van der Waals surface area contributed by atoms with Crippen LogP contribution in [0.1, 0.15) is 38.3 Å². The summed E-state index contributed by atoms with van der Waals surface area (Å²) in [5.74, 6) is 0. The van der Waals surface area contributed by atoms with Gasteiger partial charge in [-0.3, -0.25) is 0 Å². The van der Waals surface area contributed by atoms with Gasteiger partial charge in [-0.1, -0.05) is 35.0 Å². The first kappa shape index (κ1) is 16.3. The zero-order valence-electron chi connectivity index (χ0n) is 12.2. The van der Waals surface area contributed by atoms with Gasteiger partial charge >= 0.3 is 0 Å². The Bertz CT molecular complexity index is 404. The molecule has 0 aromatic heterocycles. The Labute approximate surface area is 126 Å². The third kappa shape index (κ3) is 5.00. The standard InChI is InChI=1S/C16H25BrN2/c1-5-7-8-11-19(4)14-9-10-15(16(17)12-14)13(3)18-6-2/h5,9-10,12-13,18H,1,6-8,11H2,2-4H3. The predicted molar refractivity (Wildman–Crippen MR) is 88.9 cm³/mol. The SMILES string of the molecule is C=CCCCN(C)c1ccc(C(C)NCC)c(Br)c1. The van der Waals surface area contributed by atoms with Crippen molar-refractivity contribution in [3.8, 4) is 0 Å². The Balaban J connectivity index is 2.72. The van der Waals surface area contributed by atoms with Crippen molar-refractivity contribution in [3.63, 3.8) is 0 Å². The molecule has 0 saturated carbocycles. The van der Waals surface area contributed by atoms with E-state index in [9.17, 15) is 0 Å². The molecular weight excluding hydrogens is 300 g/mol. The van der Waals surface area contributed by atoms with Gasteiger partial charge in [-0.25, -0.2) is 0 Å². The summed E-state index contributed by atoms with van der Waals surface area (Å²) in [6, 6.07) is 6.98. The molecule has 0 heterocycles. The summed E-state index contributed by atoms with van der Waals surface area (Å²) >= 11 is 3.69. The summed E-state index contributed by atoms with van der Waals surface area (Å²) < 4.78 is 1.18. The quantitative estimate of drug-likeness (QED) is 0.558. The first-order valence-electron chi connectivity index (χ1n) is 6.95. The van der Waals surface area contributed by atoms with Gasteiger partial charge in [0.1, 0.15) is 0 Å². The monoisotopic (exact) mass is 324 g/mol. The molecule has 19 heavy (non-hydrogen) atoms. The van der Waals surface area contributed by atoms with E-state index in [1.54, 1.807) is 0 Å². The van der Waals surface area contributed by atoms with Crippen molar-refractivity contribution in [3.05, 3.63) is 40.9 Å². The summed E-state index contributed by atoms with van der Waals surface area (Å²) in [4.78, 5) is 2.29. The van der Waals surface area contributed by atoms with Crippen LogP contribution in [0, 0.1) is 0 Å². The topological polar surface area (TPSA) is 15.3 Å². The lowest BCUT2D eigenvalue weighted by molar-refractivity contribution is 0.596. The van der Waals surface area contributed by atoms with Crippen LogP contribution >= 0.6 is 15.9 Å². The maximum atomic E-state index is 3.76. The van der Waals surface area contributed by atoms with Crippen LogP contribution in [0.3, 0.4) is 0 Å². The first-order valence-corrected chi connectivity index (χ1v) is 7.74. The fourth-order valence-electron chi connectivity index (χ4n) is 2.12. The summed E-state index contributed by atoms with van der Waals surface area (Å²) in [6.45, 7) is 10.1. The van der Waals surface area contributed by atoms with Crippen LogP contribution in [0.25, 0.3) is 0 Å². The van der Waals surface area contributed by atoms with E-state index in [0.29, 0.717) is 6.04 Å². The summed E-state index contributed by atoms with van der Waals surface area (Å²) in [5, 5.41) is 3.44. The van der Waals surface area contributed by atoms with Crippen molar-refractivity contribution < 1.29 is 0 Å². The van der Waals surface area contributed by atoms with Gasteiger partial charge in [0, 0.05) is 29.8 Å². The Hall–Kier alpha value is -0.800. The fourth-order valence-corrected chi connectivity index (χ4v) is 2.83. The molecule has 0 fully saturated rings. The minimum absolute atomic E-state index is 0.375. The lowest BCUT2D eigenvalue weighted by Crippen LogP contribution is -2.20. The molecule has 0 amide bonds. The highest BCUT2D eigenvalue weighted by Gasteiger charge is 2.10. The smallest absolute Gasteiger partial charge is 0.0375 e. The van der Waals surface area contributed by atoms with Crippen molar-refractivity contribution in [2.24, 2.45) is 0 Å². The number of anilines is 1. The number of rotatable bonds is 8. The zero-order valence-corrected chi connectivity index (χ0v) is 13.8. The fraction of sp³-hybridized carbons (Fsp3) is 0.500. The van der Waals surface area contributed by atoms with E-state index < -0.39 is 0 Å². The molecule has 0 radical (unpaired) electrons. The molecule has 1 aromatic carbocycles. The van der Waals surface area contributed by atoms with Gasteiger partial charge in [0.15, 0.2) is 0 Å². The van der Waals surface area contributed by atoms with E-state index in [1.807, 2.05) is 6.08 Å². The van der Waals surface area contributed by atoms with Crippen molar-refractivity contribution in [1.82, 2.24) is 5.32 Å². The Morgan fingerprint density at radius 1 is 1.47 bits per heavy atom. The summed E-state index contributed by atoms with van der Waals surface area (Å²) in [5.41, 5.74) is 2.56. The van der Waals surface area contributed by atoms with E-state index in [1.165, 1.54) is 15.7 Å². The van der Waals surface area contributed by atoms with Crippen LogP contribution in [0.2, 0.25) is 0 Å². The number of allylic oxidation sites excluding steroid dienone is 1. The van der Waals surface area contributed by atoms with Crippen molar-refractivity contribution in [2.75, 3.05) is 25.0 Å². The van der Waals surface area contributed by atoms with E-state index >= 15 is 0 Å². The minimum atomic E-state index is 0.375. The molecule has 1 N–H and O–H groups in total. The maximum Gasteiger partial charge on any atom is 0.0375 e. The van der Waals surface area contributed by atoms with Crippen LogP contribution in [-0.2, 0) is 0 Å². The lowest BCUT2D eigenvalue weighted by Gasteiger charge is -2.21. The Kier molecular flexibility index (Phi) is 7.17. The van der Waals surface area contributed by atoms with Crippen LogP contribution in [0.15, 0.2) is 35.3 Å². The molecular formula is C16H25BrN2. The molecule has 0 spiro atoms. The first-order chi connectivity index (χ1) is 9.10. The molecule has 2 nitrogen and oxygen atoms in total. The number of benzene rings is 1. The molecule has 106 valence electrons. The van der Waals surface area contributed by atoms with Crippen molar-refractivity contribution in [1.29, 1.82) is 0 Å². The normalized spacial score (nSPS) is 12.2. The molecule has 1 rings (SSSR count). The van der Waals surface area contributed by atoms with Gasteiger partial charge in [0.05, 0.1) is 0 Å². The summed E-state index contributed by atoms with van der Waals surface area (Å²) in [6.07, 6.45) is 4.19. The van der Waals surface area contributed by atoms with Crippen LogP contribution < -0.4 is 10.2 Å². The lowest BCUT2D eigenvalue weighted by atomic mass is 10.1. The highest BCUT2D eigenvalue weighted by atomic mass is 79.9. The van der Waals surface area contributed by atoms with Crippen LogP contribution in [0.4, 0.5) is 5.69 Å². The number of nitrogens with zero attached hydrogens (tertiary/aromatic N) is 1. The van der Waals surface area contributed by atoms with Gasteiger partial charge in [0.25, 0.3) is 0 Å². The number of nitrogens with one attached hydrogen (secondary N) is 1. The van der Waals surface area contributed by atoms with Gasteiger partial charge in [-0.2, -0.15) is 0 Å². The number of hydrogen-bond acceptors (Lipinski definition) is 2. The molecule has 0 saturated heterocycles. The Morgan fingerprint density at radius 3 is 2.79 bits per heavy atom. The van der Waals surface area contributed by atoms with Crippen LogP contribution in [0.5, 0.6) is 0 Å². The third-order valence-electron chi connectivity index (χ3n) is 3.30. The molecule has 0 bridgehead atoms. The van der Waals surface area contributed by atoms with E-state index in [2.05, 4.69) is 71.8 Å². The average Bonchev–Trinajstić information content (AvgIpc) is 2.39. The van der Waals surface area contributed by atoms with Crippen molar-refractivity contribution >= 4 is 21.6 Å². The Morgan fingerprint density at radius 2 is 2.21 bits per heavy atom.